The molecule has 2 rings (SSSR count). The number of nitrogens with zero attached hydrogens (tertiary/aromatic N) is 1. The largest absolute Gasteiger partial charge is 0.497 e. The average Bonchev–Trinajstić information content (AvgIpc) is 2.49. The minimum absolute atomic E-state index is 0.682. The number of anilines is 1. The lowest BCUT2D eigenvalue weighted by atomic mass is 9.84. The minimum atomic E-state index is 0.682. The Kier molecular flexibility index (Phi) is 5.72. The zero-order chi connectivity index (χ0) is 14.4. The monoisotopic (exact) mass is 276 g/mol. The lowest BCUT2D eigenvalue weighted by Crippen LogP contribution is -2.43. The third-order valence-corrected chi connectivity index (χ3v) is 4.38. The van der Waals surface area contributed by atoms with Crippen molar-refractivity contribution < 1.29 is 4.74 Å². The third-order valence-electron chi connectivity index (χ3n) is 4.38. The van der Waals surface area contributed by atoms with Crippen molar-refractivity contribution in [1.29, 1.82) is 0 Å². The number of ether oxygens (including phenoxy) is 1. The zero-order valence-corrected chi connectivity index (χ0v) is 13.1. The van der Waals surface area contributed by atoms with Crippen LogP contribution in [0.4, 0.5) is 5.69 Å². The molecule has 0 amide bonds. The summed E-state index contributed by atoms with van der Waals surface area (Å²) in [5.41, 5.74) is 1.24. The second kappa shape index (κ2) is 7.53. The van der Waals surface area contributed by atoms with E-state index in [-0.39, 0.29) is 0 Å². The van der Waals surface area contributed by atoms with Crippen LogP contribution in [-0.4, -0.2) is 33.3 Å². The lowest BCUT2D eigenvalue weighted by molar-refractivity contribution is 0.269. The fraction of sp³-hybridized carbons (Fsp3) is 0.647. The third kappa shape index (κ3) is 3.89. The molecule has 0 saturated heterocycles. The van der Waals surface area contributed by atoms with Crippen molar-refractivity contribution in [3.8, 4) is 5.75 Å². The Balaban J connectivity index is 1.99. The van der Waals surface area contributed by atoms with Crippen LogP contribution in [0.5, 0.6) is 5.75 Å². The summed E-state index contributed by atoms with van der Waals surface area (Å²) in [5, 5.41) is 3.66. The summed E-state index contributed by atoms with van der Waals surface area (Å²) in [4.78, 5) is 2.36. The highest BCUT2D eigenvalue weighted by atomic mass is 16.5. The predicted octanol–water partition coefficient (Wildman–Crippen LogP) is 3.30. The van der Waals surface area contributed by atoms with Gasteiger partial charge in [0.25, 0.3) is 0 Å². The molecule has 20 heavy (non-hydrogen) atoms. The van der Waals surface area contributed by atoms with Gasteiger partial charge in [0.2, 0.25) is 0 Å². The van der Waals surface area contributed by atoms with Crippen molar-refractivity contribution in [2.45, 2.75) is 38.6 Å². The summed E-state index contributed by atoms with van der Waals surface area (Å²) in [6.45, 7) is 4.40. The van der Waals surface area contributed by atoms with Crippen LogP contribution in [0.3, 0.4) is 0 Å². The van der Waals surface area contributed by atoms with Gasteiger partial charge in [-0.2, -0.15) is 0 Å². The van der Waals surface area contributed by atoms with Crippen LogP contribution in [0.15, 0.2) is 24.3 Å². The number of rotatable bonds is 6. The Labute approximate surface area is 123 Å². The van der Waals surface area contributed by atoms with Crippen LogP contribution < -0.4 is 15.0 Å². The van der Waals surface area contributed by atoms with Crippen molar-refractivity contribution in [1.82, 2.24) is 5.32 Å². The van der Waals surface area contributed by atoms with Crippen LogP contribution in [0, 0.1) is 5.92 Å². The molecule has 3 nitrogen and oxygen atoms in total. The number of methoxy groups -OCH3 is 1. The summed E-state index contributed by atoms with van der Waals surface area (Å²) in [5.74, 6) is 1.68. The molecule has 1 N–H and O–H groups in total. The molecule has 0 aliphatic heterocycles. The van der Waals surface area contributed by atoms with E-state index in [0.29, 0.717) is 6.04 Å². The van der Waals surface area contributed by atoms with Crippen molar-refractivity contribution in [2.24, 2.45) is 5.92 Å². The van der Waals surface area contributed by atoms with Crippen molar-refractivity contribution >= 4 is 5.69 Å². The van der Waals surface area contributed by atoms with Gasteiger partial charge in [-0.05, 0) is 37.4 Å². The molecule has 2 unspecified atom stereocenters. The highest BCUT2D eigenvalue weighted by Crippen LogP contribution is 2.27. The number of hydrogen-bond acceptors (Lipinski definition) is 3. The van der Waals surface area contributed by atoms with Crippen molar-refractivity contribution in [2.75, 3.05) is 32.1 Å². The van der Waals surface area contributed by atoms with Gasteiger partial charge in [-0.15, -0.1) is 0 Å². The second-order valence-electron chi connectivity index (χ2n) is 5.79. The maximum Gasteiger partial charge on any atom is 0.120 e. The molecule has 1 aromatic rings. The molecular formula is C17H28N2O. The molecule has 0 radical (unpaired) electrons. The van der Waals surface area contributed by atoms with Gasteiger partial charge in [0.15, 0.2) is 0 Å². The molecular weight excluding hydrogens is 248 g/mol. The lowest BCUT2D eigenvalue weighted by Gasteiger charge is -2.35. The van der Waals surface area contributed by atoms with E-state index >= 15 is 0 Å². The first kappa shape index (κ1) is 15.2. The number of benzene rings is 1. The van der Waals surface area contributed by atoms with Crippen LogP contribution in [0.25, 0.3) is 0 Å². The van der Waals surface area contributed by atoms with Crippen LogP contribution in [-0.2, 0) is 0 Å². The van der Waals surface area contributed by atoms with Crippen molar-refractivity contribution in [3.05, 3.63) is 24.3 Å². The average molecular weight is 276 g/mol. The molecule has 1 aliphatic rings. The Hall–Kier alpha value is -1.22. The van der Waals surface area contributed by atoms with Crippen LogP contribution in [0.2, 0.25) is 0 Å². The Morgan fingerprint density at radius 2 is 2.10 bits per heavy atom. The van der Waals surface area contributed by atoms with Crippen LogP contribution in [0.1, 0.15) is 32.6 Å². The normalized spacial score (nSPS) is 22.6. The Morgan fingerprint density at radius 3 is 2.85 bits per heavy atom. The van der Waals surface area contributed by atoms with E-state index in [1.165, 1.54) is 31.4 Å². The van der Waals surface area contributed by atoms with Gasteiger partial charge in [-0.1, -0.05) is 25.8 Å². The van der Waals surface area contributed by atoms with E-state index in [1.807, 2.05) is 6.07 Å². The van der Waals surface area contributed by atoms with E-state index in [9.17, 15) is 0 Å². The van der Waals surface area contributed by atoms with E-state index < -0.39 is 0 Å². The van der Waals surface area contributed by atoms with E-state index in [0.717, 1.165) is 24.8 Å². The maximum atomic E-state index is 5.32. The van der Waals surface area contributed by atoms with E-state index in [4.69, 9.17) is 4.74 Å². The standard InChI is InChI=1S/C17H28N2O/c1-4-18-17-11-6-5-8-14(17)13-19(2)15-9-7-10-16(12-15)20-3/h7,9-10,12,14,17-18H,4-6,8,11,13H2,1-3H3. The molecule has 3 heteroatoms. The molecule has 112 valence electrons. The smallest absolute Gasteiger partial charge is 0.120 e. The summed E-state index contributed by atoms with van der Waals surface area (Å²) in [6.07, 6.45) is 5.41. The van der Waals surface area contributed by atoms with Gasteiger partial charge >= 0.3 is 0 Å². The summed E-state index contributed by atoms with van der Waals surface area (Å²) in [7, 11) is 3.91. The first-order chi connectivity index (χ1) is 9.74. The van der Waals surface area contributed by atoms with Gasteiger partial charge in [0.05, 0.1) is 7.11 Å². The summed E-state index contributed by atoms with van der Waals surface area (Å²) >= 11 is 0. The molecule has 1 saturated carbocycles. The first-order valence-corrected chi connectivity index (χ1v) is 7.83. The number of hydrogen-bond donors (Lipinski definition) is 1. The molecule has 1 aliphatic carbocycles. The molecule has 0 bridgehead atoms. The Morgan fingerprint density at radius 1 is 1.30 bits per heavy atom. The van der Waals surface area contributed by atoms with Gasteiger partial charge in [0.1, 0.15) is 5.75 Å². The minimum Gasteiger partial charge on any atom is -0.497 e. The summed E-state index contributed by atoms with van der Waals surface area (Å²) in [6, 6.07) is 9.02. The molecule has 0 aromatic heterocycles. The Bertz CT molecular complexity index is 406. The molecule has 0 spiro atoms. The zero-order valence-electron chi connectivity index (χ0n) is 13.1. The van der Waals surface area contributed by atoms with Gasteiger partial charge < -0.3 is 15.0 Å². The van der Waals surface area contributed by atoms with Gasteiger partial charge in [-0.25, -0.2) is 0 Å². The van der Waals surface area contributed by atoms with Crippen LogP contribution >= 0.6 is 0 Å². The molecule has 1 fully saturated rings. The second-order valence-corrected chi connectivity index (χ2v) is 5.79. The molecule has 1 aromatic carbocycles. The highest BCUT2D eigenvalue weighted by molar-refractivity contribution is 5.50. The number of nitrogens with one attached hydrogen (secondary N) is 1. The highest BCUT2D eigenvalue weighted by Gasteiger charge is 2.25. The summed E-state index contributed by atoms with van der Waals surface area (Å²) < 4.78 is 5.32. The van der Waals surface area contributed by atoms with E-state index in [2.05, 4.69) is 42.4 Å². The topological polar surface area (TPSA) is 24.5 Å². The molecule has 2 atom stereocenters. The maximum absolute atomic E-state index is 5.32. The predicted molar refractivity (Wildman–Crippen MR) is 85.7 cm³/mol. The first-order valence-electron chi connectivity index (χ1n) is 7.83. The fourth-order valence-corrected chi connectivity index (χ4v) is 3.26. The van der Waals surface area contributed by atoms with Gasteiger partial charge in [0, 0.05) is 31.4 Å². The SMILES string of the molecule is CCNC1CCCCC1CN(C)c1cccc(OC)c1. The van der Waals surface area contributed by atoms with Crippen molar-refractivity contribution in [3.63, 3.8) is 0 Å². The molecule has 0 heterocycles. The van der Waals surface area contributed by atoms with Gasteiger partial charge in [-0.3, -0.25) is 0 Å². The fourth-order valence-electron chi connectivity index (χ4n) is 3.26. The quantitative estimate of drug-likeness (QED) is 0.863. The van der Waals surface area contributed by atoms with E-state index in [1.54, 1.807) is 7.11 Å².